The van der Waals surface area contributed by atoms with Crippen molar-refractivity contribution >= 4 is 17.7 Å². The van der Waals surface area contributed by atoms with Crippen molar-refractivity contribution in [3.63, 3.8) is 0 Å². The third-order valence-electron chi connectivity index (χ3n) is 5.73. The van der Waals surface area contributed by atoms with E-state index in [-0.39, 0.29) is 22.0 Å². The summed E-state index contributed by atoms with van der Waals surface area (Å²) >= 11 is 1.88. The van der Waals surface area contributed by atoms with Crippen molar-refractivity contribution in [1.82, 2.24) is 20.4 Å². The predicted octanol–water partition coefficient (Wildman–Crippen LogP) is 4.89. The lowest BCUT2D eigenvalue weighted by molar-refractivity contribution is -0.126. The first-order valence-electron chi connectivity index (χ1n) is 11.6. The van der Waals surface area contributed by atoms with Gasteiger partial charge in [0.15, 0.2) is 0 Å². The number of hydrogen-bond donors (Lipinski definition) is 1. The van der Waals surface area contributed by atoms with E-state index in [1.54, 1.807) is 0 Å². The summed E-state index contributed by atoms with van der Waals surface area (Å²) in [6.45, 7) is 16.3. The predicted molar refractivity (Wildman–Crippen MR) is 132 cm³/mol. The lowest BCUT2D eigenvalue weighted by Gasteiger charge is -2.30. The topological polar surface area (TPSA) is 71.3 Å². The third kappa shape index (κ3) is 7.34. The molecule has 176 valence electrons. The van der Waals surface area contributed by atoms with Crippen LogP contribution in [-0.2, 0) is 16.8 Å². The fourth-order valence-corrected chi connectivity index (χ4v) is 4.59. The minimum Gasteiger partial charge on any atom is -0.355 e. The summed E-state index contributed by atoms with van der Waals surface area (Å²) in [5, 5.41) is 7.27. The number of nitrogens with zero attached hydrogens (tertiary/aromatic N) is 3. The molecule has 0 spiro atoms. The molecule has 0 bridgehead atoms. The first kappa shape index (κ1) is 24.8. The Bertz CT molecular complexity index is 873. The number of nitrogens with one attached hydrogen (secondary N) is 1. The zero-order chi connectivity index (χ0) is 23.4. The van der Waals surface area contributed by atoms with Gasteiger partial charge in [-0.2, -0.15) is 16.7 Å². The summed E-state index contributed by atoms with van der Waals surface area (Å²) in [7, 11) is 0. The van der Waals surface area contributed by atoms with Gasteiger partial charge in [0.25, 0.3) is 0 Å². The first-order chi connectivity index (χ1) is 15.0. The van der Waals surface area contributed by atoms with Crippen molar-refractivity contribution in [3.8, 4) is 11.4 Å². The third-order valence-corrected chi connectivity index (χ3v) is 7.01. The Hall–Kier alpha value is -1.86. The molecule has 2 aromatic rings. The second-order valence-corrected chi connectivity index (χ2v) is 12.6. The molecule has 7 heteroatoms. The standard InChI is InChI=1S/C25H38N4O2S/c1-24(2,3)20-9-7-18(8-10-20)22-27-21(31-28-22)17-29-14-11-19(12-15-29)23(30)26-13-16-32-25(4,5)6/h7-10,19H,11-17H2,1-6H3,(H,26,30). The van der Waals surface area contributed by atoms with Crippen LogP contribution in [0.3, 0.4) is 0 Å². The number of carbonyl (C=O) groups excluding carboxylic acids is 1. The van der Waals surface area contributed by atoms with Crippen LogP contribution in [0, 0.1) is 5.92 Å². The Balaban J connectivity index is 1.44. The molecule has 1 aliphatic heterocycles. The zero-order valence-electron chi connectivity index (χ0n) is 20.4. The van der Waals surface area contributed by atoms with Crippen LogP contribution in [0.25, 0.3) is 11.4 Å². The van der Waals surface area contributed by atoms with Crippen LogP contribution in [-0.4, -0.2) is 51.1 Å². The van der Waals surface area contributed by atoms with Crippen LogP contribution in [0.5, 0.6) is 0 Å². The van der Waals surface area contributed by atoms with Crippen molar-refractivity contribution in [1.29, 1.82) is 0 Å². The zero-order valence-corrected chi connectivity index (χ0v) is 21.2. The van der Waals surface area contributed by atoms with Crippen LogP contribution in [0.4, 0.5) is 0 Å². The Morgan fingerprint density at radius 1 is 1.12 bits per heavy atom. The monoisotopic (exact) mass is 458 g/mol. The number of hydrogen-bond acceptors (Lipinski definition) is 6. The Kier molecular flexibility index (Phi) is 8.04. The molecular weight excluding hydrogens is 420 g/mol. The summed E-state index contributed by atoms with van der Waals surface area (Å²) in [6.07, 6.45) is 1.74. The van der Waals surface area contributed by atoms with Gasteiger partial charge in [-0.25, -0.2) is 0 Å². The number of aromatic nitrogens is 2. The first-order valence-corrected chi connectivity index (χ1v) is 12.6. The smallest absolute Gasteiger partial charge is 0.241 e. The highest BCUT2D eigenvalue weighted by molar-refractivity contribution is 8.00. The van der Waals surface area contributed by atoms with Gasteiger partial charge in [0.2, 0.25) is 17.6 Å². The molecule has 2 heterocycles. The van der Waals surface area contributed by atoms with E-state index in [2.05, 4.69) is 86.2 Å². The van der Waals surface area contributed by atoms with Gasteiger partial charge >= 0.3 is 0 Å². The minimum atomic E-state index is 0.102. The molecule has 0 unspecified atom stereocenters. The molecule has 1 aromatic carbocycles. The highest BCUT2D eigenvalue weighted by atomic mass is 32.2. The molecule has 0 aliphatic carbocycles. The van der Waals surface area contributed by atoms with Crippen molar-refractivity contribution < 1.29 is 9.32 Å². The van der Waals surface area contributed by atoms with Crippen molar-refractivity contribution in [2.45, 2.75) is 71.1 Å². The fraction of sp³-hybridized carbons (Fsp3) is 0.640. The van der Waals surface area contributed by atoms with Gasteiger partial charge in [-0.3, -0.25) is 9.69 Å². The van der Waals surface area contributed by atoms with Crippen molar-refractivity contribution in [2.24, 2.45) is 5.92 Å². The van der Waals surface area contributed by atoms with E-state index in [4.69, 9.17) is 4.52 Å². The summed E-state index contributed by atoms with van der Waals surface area (Å²) in [4.78, 5) is 19.3. The SMILES string of the molecule is CC(C)(C)SCCNC(=O)C1CCN(Cc2nc(-c3ccc(C(C)(C)C)cc3)no2)CC1. The van der Waals surface area contributed by atoms with Crippen LogP contribution >= 0.6 is 11.8 Å². The molecule has 32 heavy (non-hydrogen) atoms. The maximum Gasteiger partial charge on any atom is 0.241 e. The maximum absolute atomic E-state index is 12.5. The Morgan fingerprint density at radius 3 is 2.38 bits per heavy atom. The van der Waals surface area contributed by atoms with Gasteiger partial charge in [-0.05, 0) is 36.9 Å². The maximum atomic E-state index is 12.5. The second-order valence-electron chi connectivity index (χ2n) is 10.6. The number of likely N-dealkylation sites (tertiary alicyclic amines) is 1. The lowest BCUT2D eigenvalue weighted by Crippen LogP contribution is -2.40. The molecule has 1 saturated heterocycles. The Labute approximate surface area is 196 Å². The van der Waals surface area contributed by atoms with E-state index >= 15 is 0 Å². The van der Waals surface area contributed by atoms with Gasteiger partial charge in [0.1, 0.15) is 0 Å². The highest BCUT2D eigenvalue weighted by Gasteiger charge is 2.26. The molecule has 1 aliphatic rings. The number of rotatable bonds is 7. The molecule has 0 saturated carbocycles. The molecule has 1 amide bonds. The average molecular weight is 459 g/mol. The van der Waals surface area contributed by atoms with Crippen LogP contribution < -0.4 is 5.32 Å². The van der Waals surface area contributed by atoms with E-state index in [1.807, 2.05) is 11.8 Å². The molecule has 3 rings (SSSR count). The van der Waals surface area contributed by atoms with Gasteiger partial charge in [-0.1, -0.05) is 71.0 Å². The number of thioether (sulfide) groups is 1. The van der Waals surface area contributed by atoms with Crippen LogP contribution in [0.1, 0.15) is 65.8 Å². The quantitative estimate of drug-likeness (QED) is 0.596. The van der Waals surface area contributed by atoms with Gasteiger partial charge < -0.3 is 9.84 Å². The second kappa shape index (κ2) is 10.4. The number of carbonyl (C=O) groups is 1. The molecule has 0 radical (unpaired) electrons. The molecule has 1 aromatic heterocycles. The van der Waals surface area contributed by atoms with E-state index in [0.29, 0.717) is 18.3 Å². The van der Waals surface area contributed by atoms with Gasteiger partial charge in [0.05, 0.1) is 6.54 Å². The molecule has 0 atom stereocenters. The number of benzene rings is 1. The minimum absolute atomic E-state index is 0.102. The number of piperidine rings is 1. The van der Waals surface area contributed by atoms with E-state index in [0.717, 1.165) is 43.8 Å². The van der Waals surface area contributed by atoms with Crippen molar-refractivity contribution in [2.75, 3.05) is 25.4 Å². The normalized spacial score (nSPS) is 16.3. The van der Waals surface area contributed by atoms with E-state index in [9.17, 15) is 4.79 Å². The lowest BCUT2D eigenvalue weighted by atomic mass is 9.87. The highest BCUT2D eigenvalue weighted by Crippen LogP contribution is 2.26. The Morgan fingerprint density at radius 2 is 1.78 bits per heavy atom. The number of amides is 1. The van der Waals surface area contributed by atoms with Crippen LogP contribution in [0.15, 0.2) is 28.8 Å². The average Bonchev–Trinajstić information content (AvgIpc) is 3.19. The molecular formula is C25H38N4O2S. The largest absolute Gasteiger partial charge is 0.355 e. The van der Waals surface area contributed by atoms with Crippen LogP contribution in [0.2, 0.25) is 0 Å². The fourth-order valence-electron chi connectivity index (χ4n) is 3.78. The molecule has 6 nitrogen and oxygen atoms in total. The van der Waals surface area contributed by atoms with Crippen molar-refractivity contribution in [3.05, 3.63) is 35.7 Å². The van der Waals surface area contributed by atoms with Gasteiger partial charge in [0, 0.05) is 28.5 Å². The van der Waals surface area contributed by atoms with Gasteiger partial charge in [-0.15, -0.1) is 0 Å². The summed E-state index contributed by atoms with van der Waals surface area (Å²) < 4.78 is 5.74. The molecule has 1 fully saturated rings. The summed E-state index contributed by atoms with van der Waals surface area (Å²) in [6, 6.07) is 8.37. The molecule has 1 N–H and O–H groups in total. The van der Waals surface area contributed by atoms with E-state index in [1.165, 1.54) is 5.56 Å². The van der Waals surface area contributed by atoms with E-state index < -0.39 is 0 Å². The summed E-state index contributed by atoms with van der Waals surface area (Å²) in [5.41, 5.74) is 2.37. The summed E-state index contributed by atoms with van der Waals surface area (Å²) in [5.74, 6) is 2.50.